The highest BCUT2D eigenvalue weighted by atomic mass is 32.2. The lowest BCUT2D eigenvalue weighted by Crippen LogP contribution is -2.49. The van der Waals surface area contributed by atoms with Gasteiger partial charge in [0.1, 0.15) is 0 Å². The van der Waals surface area contributed by atoms with E-state index in [1.807, 2.05) is 37.3 Å². The summed E-state index contributed by atoms with van der Waals surface area (Å²) >= 11 is 0. The largest absolute Gasteiger partial charge is 0.349 e. The van der Waals surface area contributed by atoms with Gasteiger partial charge in [-0.05, 0) is 24.8 Å². The van der Waals surface area contributed by atoms with E-state index >= 15 is 0 Å². The molecule has 1 aliphatic rings. The van der Waals surface area contributed by atoms with E-state index in [0.717, 1.165) is 18.4 Å². The Kier molecular flexibility index (Phi) is 6.37. The number of benzene rings is 1. The molecule has 0 saturated carbocycles. The van der Waals surface area contributed by atoms with Crippen molar-refractivity contribution >= 4 is 16.1 Å². The summed E-state index contributed by atoms with van der Waals surface area (Å²) < 4.78 is 27.2. The molecule has 7 heteroatoms. The molecule has 1 aromatic rings. The maximum atomic E-state index is 12.6. The van der Waals surface area contributed by atoms with Gasteiger partial charge in [-0.15, -0.1) is 0 Å². The summed E-state index contributed by atoms with van der Waals surface area (Å²) in [6, 6.07) is 9.81. The zero-order chi connectivity index (χ0) is 17.7. The smallest absolute Gasteiger partial charge is 0.281 e. The quantitative estimate of drug-likeness (QED) is 0.847. The number of hydrogen-bond acceptors (Lipinski definition) is 3. The van der Waals surface area contributed by atoms with Gasteiger partial charge in [0, 0.05) is 27.2 Å². The molecule has 134 valence electrons. The molecule has 0 bridgehead atoms. The van der Waals surface area contributed by atoms with Crippen LogP contribution in [0.1, 0.15) is 37.8 Å². The molecule has 1 amide bonds. The van der Waals surface area contributed by atoms with E-state index < -0.39 is 10.2 Å². The molecule has 1 saturated heterocycles. The first-order valence-corrected chi connectivity index (χ1v) is 9.79. The first-order valence-electron chi connectivity index (χ1n) is 8.39. The Morgan fingerprint density at radius 3 is 2.58 bits per heavy atom. The summed E-state index contributed by atoms with van der Waals surface area (Å²) in [4.78, 5) is 12.6. The molecule has 1 aliphatic heterocycles. The zero-order valence-electron chi connectivity index (χ0n) is 14.6. The van der Waals surface area contributed by atoms with Crippen molar-refractivity contribution in [3.63, 3.8) is 0 Å². The lowest BCUT2D eigenvalue weighted by molar-refractivity contribution is -0.126. The Morgan fingerprint density at radius 1 is 1.33 bits per heavy atom. The fraction of sp³-hybridized carbons (Fsp3) is 0.588. The van der Waals surface area contributed by atoms with Gasteiger partial charge < -0.3 is 5.32 Å². The second kappa shape index (κ2) is 8.09. The fourth-order valence-electron chi connectivity index (χ4n) is 2.99. The lowest BCUT2D eigenvalue weighted by atomic mass is 9.97. The molecule has 1 aromatic carbocycles. The van der Waals surface area contributed by atoms with E-state index in [1.165, 1.54) is 22.7 Å². The first kappa shape index (κ1) is 18.9. The maximum absolute atomic E-state index is 12.6. The molecule has 1 N–H and O–H groups in total. The lowest BCUT2D eigenvalue weighted by Gasteiger charge is -2.33. The molecule has 0 aromatic heterocycles. The summed E-state index contributed by atoms with van der Waals surface area (Å²) in [7, 11) is -0.435. The summed E-state index contributed by atoms with van der Waals surface area (Å²) in [5.74, 6) is -0.365. The number of hydrogen-bond donors (Lipinski definition) is 1. The molecule has 2 rings (SSSR count). The third kappa shape index (κ3) is 4.34. The molecule has 0 spiro atoms. The Balaban J connectivity index is 2.04. The van der Waals surface area contributed by atoms with Crippen molar-refractivity contribution < 1.29 is 13.2 Å². The first-order chi connectivity index (χ1) is 11.4. The number of nitrogens with zero attached hydrogens (tertiary/aromatic N) is 2. The number of nitrogens with one attached hydrogen (secondary N) is 1. The van der Waals surface area contributed by atoms with Crippen LogP contribution in [0.4, 0.5) is 0 Å². The monoisotopic (exact) mass is 353 g/mol. The molecule has 24 heavy (non-hydrogen) atoms. The van der Waals surface area contributed by atoms with E-state index in [4.69, 9.17) is 0 Å². The fourth-order valence-corrected chi connectivity index (χ4v) is 4.18. The molecular formula is C17H27N3O3S. The van der Waals surface area contributed by atoms with E-state index in [2.05, 4.69) is 5.32 Å². The van der Waals surface area contributed by atoms with Crippen LogP contribution in [0.5, 0.6) is 0 Å². The third-order valence-electron chi connectivity index (χ3n) is 4.47. The summed E-state index contributed by atoms with van der Waals surface area (Å²) in [5.41, 5.74) is 1.07. The molecule has 0 radical (unpaired) electrons. The van der Waals surface area contributed by atoms with Crippen LogP contribution in [0.25, 0.3) is 0 Å². The van der Waals surface area contributed by atoms with E-state index in [9.17, 15) is 13.2 Å². The van der Waals surface area contributed by atoms with Crippen molar-refractivity contribution in [2.24, 2.45) is 5.92 Å². The number of carbonyl (C=O) groups excluding carboxylic acids is 1. The molecule has 0 unspecified atom stereocenters. The number of piperidine rings is 1. The Bertz CT molecular complexity index is 646. The van der Waals surface area contributed by atoms with Gasteiger partial charge in [0.15, 0.2) is 0 Å². The van der Waals surface area contributed by atoms with Crippen LogP contribution in [-0.2, 0) is 15.0 Å². The van der Waals surface area contributed by atoms with Gasteiger partial charge in [0.25, 0.3) is 10.2 Å². The Hall–Kier alpha value is -1.44. The molecule has 2 atom stereocenters. The standard InChI is InChI=1S/C17H27N3O3S/c1-4-16(14-9-6-5-7-10-14)18-17(21)15-11-8-12-20(13-15)24(22,23)19(2)3/h5-7,9-10,15-16H,4,8,11-13H2,1-3H3,(H,18,21)/t15-,16-/m1/s1. The van der Waals surface area contributed by atoms with Crippen LogP contribution < -0.4 is 5.32 Å². The average molecular weight is 353 g/mol. The second-order valence-electron chi connectivity index (χ2n) is 6.37. The van der Waals surface area contributed by atoms with Gasteiger partial charge in [-0.25, -0.2) is 0 Å². The molecular weight excluding hydrogens is 326 g/mol. The predicted octanol–water partition coefficient (Wildman–Crippen LogP) is 1.77. The topological polar surface area (TPSA) is 69.7 Å². The maximum Gasteiger partial charge on any atom is 0.281 e. The highest BCUT2D eigenvalue weighted by Gasteiger charge is 2.34. The Labute approximate surface area is 145 Å². The minimum absolute atomic E-state index is 0.0421. The predicted molar refractivity (Wildman–Crippen MR) is 94.5 cm³/mol. The van der Waals surface area contributed by atoms with Crippen LogP contribution >= 0.6 is 0 Å². The SMILES string of the molecule is CC[C@@H](NC(=O)[C@@H]1CCCN(S(=O)(=O)N(C)C)C1)c1ccccc1. The number of carbonyl (C=O) groups is 1. The van der Waals surface area contributed by atoms with Gasteiger partial charge in [0.2, 0.25) is 5.91 Å². The number of rotatable bonds is 6. The van der Waals surface area contributed by atoms with Crippen LogP contribution in [-0.4, -0.2) is 50.1 Å². The van der Waals surface area contributed by atoms with Crippen LogP contribution in [0.2, 0.25) is 0 Å². The van der Waals surface area contributed by atoms with E-state index in [-0.39, 0.29) is 24.4 Å². The minimum Gasteiger partial charge on any atom is -0.349 e. The van der Waals surface area contributed by atoms with Crippen molar-refractivity contribution in [1.82, 2.24) is 13.9 Å². The van der Waals surface area contributed by atoms with Gasteiger partial charge in [-0.2, -0.15) is 17.0 Å². The van der Waals surface area contributed by atoms with Crippen molar-refractivity contribution in [3.05, 3.63) is 35.9 Å². The van der Waals surface area contributed by atoms with Crippen molar-refractivity contribution in [2.45, 2.75) is 32.2 Å². The zero-order valence-corrected chi connectivity index (χ0v) is 15.4. The van der Waals surface area contributed by atoms with E-state index in [0.29, 0.717) is 13.0 Å². The van der Waals surface area contributed by atoms with Crippen molar-refractivity contribution in [1.29, 1.82) is 0 Å². The van der Waals surface area contributed by atoms with Gasteiger partial charge in [0.05, 0.1) is 12.0 Å². The average Bonchev–Trinajstić information content (AvgIpc) is 2.60. The van der Waals surface area contributed by atoms with Gasteiger partial charge >= 0.3 is 0 Å². The second-order valence-corrected chi connectivity index (χ2v) is 8.51. The van der Waals surface area contributed by atoms with Gasteiger partial charge in [-0.1, -0.05) is 37.3 Å². The number of amides is 1. The summed E-state index contributed by atoms with van der Waals surface area (Å²) in [5, 5.41) is 3.08. The Morgan fingerprint density at radius 2 is 2.00 bits per heavy atom. The summed E-state index contributed by atoms with van der Waals surface area (Å²) in [6.07, 6.45) is 2.21. The van der Waals surface area contributed by atoms with Crippen LogP contribution in [0, 0.1) is 5.92 Å². The van der Waals surface area contributed by atoms with Crippen LogP contribution in [0.3, 0.4) is 0 Å². The normalized spacial score (nSPS) is 20.8. The van der Waals surface area contributed by atoms with Crippen LogP contribution in [0.15, 0.2) is 30.3 Å². The van der Waals surface area contributed by atoms with Crippen molar-refractivity contribution in [3.8, 4) is 0 Å². The molecule has 1 fully saturated rings. The summed E-state index contributed by atoms with van der Waals surface area (Å²) in [6.45, 7) is 2.75. The third-order valence-corrected chi connectivity index (χ3v) is 6.38. The van der Waals surface area contributed by atoms with Gasteiger partial charge in [-0.3, -0.25) is 4.79 Å². The highest BCUT2D eigenvalue weighted by Crippen LogP contribution is 2.22. The molecule has 1 heterocycles. The van der Waals surface area contributed by atoms with Crippen molar-refractivity contribution in [2.75, 3.05) is 27.2 Å². The van der Waals surface area contributed by atoms with E-state index in [1.54, 1.807) is 0 Å². The minimum atomic E-state index is -3.47. The molecule has 0 aliphatic carbocycles. The molecule has 6 nitrogen and oxygen atoms in total. The highest BCUT2D eigenvalue weighted by molar-refractivity contribution is 7.86.